The van der Waals surface area contributed by atoms with E-state index >= 15 is 0 Å². The number of halogens is 2. The molecule has 0 fully saturated rings. The highest BCUT2D eigenvalue weighted by Crippen LogP contribution is 2.33. The van der Waals surface area contributed by atoms with Gasteiger partial charge < -0.3 is 16.1 Å². The van der Waals surface area contributed by atoms with Gasteiger partial charge in [0, 0.05) is 13.2 Å². The fourth-order valence-electron chi connectivity index (χ4n) is 2.04. The molecule has 0 unspecified atom stereocenters. The Hall–Kier alpha value is -3.01. The van der Waals surface area contributed by atoms with Crippen LogP contribution in [-0.2, 0) is 7.05 Å². The Morgan fingerprint density at radius 3 is 2.62 bits per heavy atom. The Balaban J connectivity index is 1.96. The van der Waals surface area contributed by atoms with Gasteiger partial charge in [-0.25, -0.2) is 13.8 Å². The monoisotopic (exact) mass is 351 g/mol. The molecule has 0 bridgehead atoms. The molecule has 124 valence electrons. The van der Waals surface area contributed by atoms with Crippen molar-refractivity contribution in [1.82, 2.24) is 14.8 Å². The largest absolute Gasteiger partial charge is 0.389 e. The summed E-state index contributed by atoms with van der Waals surface area (Å²) in [4.78, 5) is 27.8. The molecule has 0 radical (unpaired) electrons. The van der Waals surface area contributed by atoms with Crippen molar-refractivity contribution in [3.05, 3.63) is 52.1 Å². The van der Waals surface area contributed by atoms with Crippen LogP contribution in [0, 0.1) is 11.6 Å². The van der Waals surface area contributed by atoms with Gasteiger partial charge in [-0.3, -0.25) is 14.3 Å². The van der Waals surface area contributed by atoms with Gasteiger partial charge in [0.2, 0.25) is 0 Å². The first-order valence-corrected chi connectivity index (χ1v) is 7.46. The third-order valence-electron chi connectivity index (χ3n) is 3.23. The predicted molar refractivity (Wildman–Crippen MR) is 85.9 cm³/mol. The summed E-state index contributed by atoms with van der Waals surface area (Å²) < 4.78 is 28.8. The molecular formula is C14H11F2N5O2S. The maximum Gasteiger partial charge on any atom is 0.289 e. The number of aryl methyl sites for hydroxylation is 1. The number of hydrogen-bond donors (Lipinski definition) is 3. The van der Waals surface area contributed by atoms with Gasteiger partial charge in [-0.15, -0.1) is 0 Å². The van der Waals surface area contributed by atoms with Crippen molar-refractivity contribution < 1.29 is 13.6 Å². The van der Waals surface area contributed by atoms with Crippen LogP contribution in [0.2, 0.25) is 0 Å². The number of anilines is 2. The van der Waals surface area contributed by atoms with E-state index in [-0.39, 0.29) is 27.0 Å². The second-order valence-corrected chi connectivity index (χ2v) is 5.86. The van der Waals surface area contributed by atoms with E-state index in [9.17, 15) is 18.4 Å². The van der Waals surface area contributed by atoms with E-state index in [1.165, 1.54) is 24.0 Å². The molecule has 0 saturated heterocycles. The van der Waals surface area contributed by atoms with E-state index in [0.717, 1.165) is 23.5 Å². The van der Waals surface area contributed by atoms with Gasteiger partial charge in [0.05, 0.1) is 5.56 Å². The molecule has 1 aromatic carbocycles. The van der Waals surface area contributed by atoms with Gasteiger partial charge in [-0.1, -0.05) is 17.4 Å². The maximum atomic E-state index is 13.8. The third-order valence-corrected chi connectivity index (χ3v) is 4.13. The van der Waals surface area contributed by atoms with E-state index in [4.69, 9.17) is 5.73 Å². The molecule has 0 atom stereocenters. The van der Waals surface area contributed by atoms with Crippen LogP contribution >= 0.6 is 11.3 Å². The van der Waals surface area contributed by atoms with Gasteiger partial charge >= 0.3 is 0 Å². The molecule has 0 spiro atoms. The Labute approximate surface area is 137 Å². The first-order valence-electron chi connectivity index (χ1n) is 6.65. The average Bonchev–Trinajstić information content (AvgIpc) is 3.05. The van der Waals surface area contributed by atoms with Gasteiger partial charge in [0.1, 0.15) is 27.3 Å². The molecule has 10 heteroatoms. The fraction of sp³-hybridized carbons (Fsp3) is 0.0714. The molecule has 0 aliphatic heterocycles. The van der Waals surface area contributed by atoms with Gasteiger partial charge in [-0.2, -0.15) is 0 Å². The predicted octanol–water partition coefficient (Wildman–Crippen LogP) is 1.95. The quantitative estimate of drug-likeness (QED) is 0.670. The lowest BCUT2D eigenvalue weighted by molar-refractivity contribution is 0.102. The number of carbonyl (C=O) groups is 1. The number of nitrogens with two attached hydrogens (primary N) is 1. The standard InChI is InChI=1S/C14H11F2N5O2S/c1-21-14(23)8(5-18-21)19-12(22)10-11(17)24-13(20-10)9-6(15)3-2-4-7(9)16/h2-5,18H,17H2,1H3,(H,19,22). The van der Waals surface area contributed by atoms with Crippen molar-refractivity contribution in [3.8, 4) is 10.6 Å². The van der Waals surface area contributed by atoms with Crippen molar-refractivity contribution >= 4 is 27.9 Å². The molecule has 1 amide bonds. The number of nitrogen functional groups attached to an aromatic ring is 1. The van der Waals surface area contributed by atoms with E-state index in [2.05, 4.69) is 15.4 Å². The van der Waals surface area contributed by atoms with E-state index in [0.29, 0.717) is 0 Å². The highest BCUT2D eigenvalue weighted by Gasteiger charge is 2.22. The number of benzene rings is 1. The van der Waals surface area contributed by atoms with E-state index in [1.807, 2.05) is 0 Å². The SMILES string of the molecule is Cn1[nH]cc(NC(=O)c2nc(-c3c(F)cccc3F)sc2N)c1=O. The second-order valence-electron chi connectivity index (χ2n) is 4.83. The van der Waals surface area contributed by atoms with Crippen LogP contribution in [0.4, 0.5) is 19.5 Å². The third kappa shape index (κ3) is 2.67. The Kier molecular flexibility index (Phi) is 3.89. The zero-order valence-electron chi connectivity index (χ0n) is 12.3. The summed E-state index contributed by atoms with van der Waals surface area (Å²) in [7, 11) is 1.48. The van der Waals surface area contributed by atoms with Gasteiger partial charge in [0.25, 0.3) is 11.5 Å². The molecule has 3 aromatic rings. The molecular weight excluding hydrogens is 340 g/mol. The highest BCUT2D eigenvalue weighted by atomic mass is 32.1. The lowest BCUT2D eigenvalue weighted by Crippen LogP contribution is -2.21. The van der Waals surface area contributed by atoms with Gasteiger partial charge in [-0.05, 0) is 12.1 Å². The molecule has 0 saturated carbocycles. The van der Waals surface area contributed by atoms with Crippen molar-refractivity contribution in [3.63, 3.8) is 0 Å². The number of rotatable bonds is 3. The summed E-state index contributed by atoms with van der Waals surface area (Å²) >= 11 is 0.779. The number of aromatic amines is 1. The Morgan fingerprint density at radius 2 is 2.04 bits per heavy atom. The molecule has 2 aromatic heterocycles. The van der Waals surface area contributed by atoms with Crippen LogP contribution in [0.15, 0.2) is 29.2 Å². The van der Waals surface area contributed by atoms with Crippen molar-refractivity contribution in [2.45, 2.75) is 0 Å². The first-order chi connectivity index (χ1) is 11.4. The smallest absolute Gasteiger partial charge is 0.289 e. The minimum absolute atomic E-state index is 0.00789. The zero-order valence-corrected chi connectivity index (χ0v) is 13.1. The second kappa shape index (κ2) is 5.89. The van der Waals surface area contributed by atoms with Crippen LogP contribution in [0.5, 0.6) is 0 Å². The number of nitrogens with one attached hydrogen (secondary N) is 2. The average molecular weight is 351 g/mol. The number of aromatic nitrogens is 3. The summed E-state index contributed by atoms with van der Waals surface area (Å²) in [5.74, 6) is -2.37. The van der Waals surface area contributed by atoms with Crippen LogP contribution < -0.4 is 16.6 Å². The molecule has 0 aliphatic carbocycles. The van der Waals surface area contributed by atoms with Crippen molar-refractivity contribution in [1.29, 1.82) is 0 Å². The lowest BCUT2D eigenvalue weighted by Gasteiger charge is -2.00. The molecule has 3 rings (SSSR count). The van der Waals surface area contributed by atoms with Crippen LogP contribution in [0.3, 0.4) is 0 Å². The Bertz CT molecular complexity index is 971. The molecule has 24 heavy (non-hydrogen) atoms. The molecule has 0 aliphatic rings. The summed E-state index contributed by atoms with van der Waals surface area (Å²) in [6.07, 6.45) is 1.31. The zero-order chi connectivity index (χ0) is 17.4. The minimum Gasteiger partial charge on any atom is -0.389 e. The topological polar surface area (TPSA) is 106 Å². The maximum absolute atomic E-state index is 13.8. The van der Waals surface area contributed by atoms with Crippen LogP contribution in [0.1, 0.15) is 10.5 Å². The van der Waals surface area contributed by atoms with Crippen molar-refractivity contribution in [2.75, 3.05) is 11.1 Å². The number of nitrogens with zero attached hydrogens (tertiary/aromatic N) is 2. The van der Waals surface area contributed by atoms with Crippen LogP contribution in [-0.4, -0.2) is 20.7 Å². The fourth-order valence-corrected chi connectivity index (χ4v) is 2.91. The van der Waals surface area contributed by atoms with E-state index in [1.54, 1.807) is 0 Å². The van der Waals surface area contributed by atoms with Crippen LogP contribution in [0.25, 0.3) is 10.6 Å². The van der Waals surface area contributed by atoms with Crippen molar-refractivity contribution in [2.24, 2.45) is 7.05 Å². The highest BCUT2D eigenvalue weighted by molar-refractivity contribution is 7.19. The first kappa shape index (κ1) is 15.9. The number of thiazole rings is 1. The number of hydrogen-bond acceptors (Lipinski definition) is 5. The molecule has 4 N–H and O–H groups in total. The lowest BCUT2D eigenvalue weighted by atomic mass is 10.2. The number of carbonyl (C=O) groups excluding carboxylic acids is 1. The Morgan fingerprint density at radius 1 is 1.38 bits per heavy atom. The summed E-state index contributed by atoms with van der Waals surface area (Å²) in [5, 5.41) is 4.87. The molecule has 7 nitrogen and oxygen atoms in total. The minimum atomic E-state index is -0.810. The van der Waals surface area contributed by atoms with E-state index < -0.39 is 23.1 Å². The summed E-state index contributed by atoms with van der Waals surface area (Å²) in [6.45, 7) is 0. The molecule has 2 heterocycles. The van der Waals surface area contributed by atoms with Gasteiger partial charge in [0.15, 0.2) is 5.69 Å². The number of amides is 1. The number of H-pyrrole nitrogens is 1. The summed E-state index contributed by atoms with van der Waals surface area (Å²) in [6, 6.07) is 3.39. The normalized spacial score (nSPS) is 10.8. The summed E-state index contributed by atoms with van der Waals surface area (Å²) in [5.41, 5.74) is 4.73.